The molecular formula is C11H23NS. The Morgan fingerprint density at radius 1 is 1.46 bits per heavy atom. The van der Waals surface area contributed by atoms with Crippen LogP contribution < -0.4 is 5.32 Å². The zero-order valence-corrected chi connectivity index (χ0v) is 10.4. The quantitative estimate of drug-likeness (QED) is 0.699. The lowest BCUT2D eigenvalue weighted by Crippen LogP contribution is -2.48. The van der Waals surface area contributed by atoms with Gasteiger partial charge in [0.25, 0.3) is 0 Å². The summed E-state index contributed by atoms with van der Waals surface area (Å²) in [5.41, 5.74) is 0.426. The fourth-order valence-electron chi connectivity index (χ4n) is 1.95. The molecule has 0 bridgehead atoms. The van der Waals surface area contributed by atoms with Crippen molar-refractivity contribution in [2.45, 2.75) is 45.9 Å². The highest BCUT2D eigenvalue weighted by Crippen LogP contribution is 2.38. The molecule has 1 heterocycles. The van der Waals surface area contributed by atoms with E-state index in [9.17, 15) is 0 Å². The predicted molar refractivity (Wildman–Crippen MR) is 62.1 cm³/mol. The molecule has 0 aliphatic carbocycles. The van der Waals surface area contributed by atoms with Crippen molar-refractivity contribution in [1.29, 1.82) is 0 Å². The van der Waals surface area contributed by atoms with E-state index in [0.717, 1.165) is 5.92 Å². The first kappa shape index (κ1) is 11.4. The number of rotatable bonds is 1. The fourth-order valence-corrected chi connectivity index (χ4v) is 3.44. The monoisotopic (exact) mass is 201 g/mol. The number of hydrogen-bond donors (Lipinski definition) is 1. The maximum atomic E-state index is 3.66. The first-order valence-electron chi connectivity index (χ1n) is 5.20. The lowest BCUT2D eigenvalue weighted by molar-refractivity contribution is 0.285. The topological polar surface area (TPSA) is 12.0 Å². The third kappa shape index (κ3) is 3.90. The zero-order valence-electron chi connectivity index (χ0n) is 9.61. The van der Waals surface area contributed by atoms with Gasteiger partial charge >= 0.3 is 0 Å². The van der Waals surface area contributed by atoms with E-state index in [1.54, 1.807) is 0 Å². The number of thioether (sulfide) groups is 1. The van der Waals surface area contributed by atoms with Crippen LogP contribution in [0.25, 0.3) is 0 Å². The van der Waals surface area contributed by atoms with Gasteiger partial charge in [-0.05, 0) is 37.0 Å². The average molecular weight is 201 g/mol. The van der Waals surface area contributed by atoms with E-state index < -0.39 is 0 Å². The molecule has 0 saturated carbocycles. The summed E-state index contributed by atoms with van der Waals surface area (Å²) in [6.45, 7) is 12.8. The molecule has 13 heavy (non-hydrogen) atoms. The van der Waals surface area contributed by atoms with Crippen LogP contribution in [0.3, 0.4) is 0 Å². The molecule has 1 aliphatic heterocycles. The molecule has 0 amide bonds. The van der Waals surface area contributed by atoms with Gasteiger partial charge in [0.15, 0.2) is 0 Å². The molecule has 2 heteroatoms. The molecule has 0 radical (unpaired) electrons. The third-order valence-electron chi connectivity index (χ3n) is 2.38. The minimum atomic E-state index is 0.310. The van der Waals surface area contributed by atoms with Crippen LogP contribution in [0, 0.1) is 11.3 Å². The van der Waals surface area contributed by atoms with E-state index >= 15 is 0 Å². The Bertz CT molecular complexity index is 163. The van der Waals surface area contributed by atoms with E-state index in [0.29, 0.717) is 10.3 Å². The molecule has 1 N–H and O–H groups in total. The SMILES string of the molecule is CC1CNC(C)(CC(C)(C)C)SC1. The maximum Gasteiger partial charge on any atom is 0.0621 e. The van der Waals surface area contributed by atoms with Gasteiger partial charge in [-0.15, -0.1) is 11.8 Å². The zero-order chi connectivity index (χ0) is 10.1. The fraction of sp³-hybridized carbons (Fsp3) is 1.00. The summed E-state index contributed by atoms with van der Waals surface area (Å²) in [5.74, 6) is 2.14. The molecule has 0 aromatic carbocycles. The second kappa shape index (κ2) is 3.82. The van der Waals surface area contributed by atoms with E-state index in [-0.39, 0.29) is 0 Å². The Labute approximate surface area is 87.1 Å². The van der Waals surface area contributed by atoms with Gasteiger partial charge in [-0.3, -0.25) is 0 Å². The van der Waals surface area contributed by atoms with Gasteiger partial charge in [-0.25, -0.2) is 0 Å². The van der Waals surface area contributed by atoms with Crippen molar-refractivity contribution >= 4 is 11.8 Å². The molecule has 1 saturated heterocycles. The minimum Gasteiger partial charge on any atom is -0.303 e. The minimum absolute atomic E-state index is 0.310. The van der Waals surface area contributed by atoms with Gasteiger partial charge < -0.3 is 5.32 Å². The lowest BCUT2D eigenvalue weighted by Gasteiger charge is -2.41. The van der Waals surface area contributed by atoms with Crippen LogP contribution in [0.4, 0.5) is 0 Å². The van der Waals surface area contributed by atoms with Crippen molar-refractivity contribution < 1.29 is 0 Å². The van der Waals surface area contributed by atoms with Crippen molar-refractivity contribution in [3.63, 3.8) is 0 Å². The highest BCUT2D eigenvalue weighted by atomic mass is 32.2. The molecule has 1 fully saturated rings. The van der Waals surface area contributed by atoms with E-state index in [1.165, 1.54) is 18.7 Å². The number of nitrogens with one attached hydrogen (secondary N) is 1. The molecule has 2 unspecified atom stereocenters. The first-order valence-corrected chi connectivity index (χ1v) is 6.18. The lowest BCUT2D eigenvalue weighted by atomic mass is 9.88. The largest absolute Gasteiger partial charge is 0.303 e. The molecule has 1 aliphatic rings. The molecule has 1 rings (SSSR count). The first-order chi connectivity index (χ1) is 5.81. The van der Waals surface area contributed by atoms with Crippen LogP contribution in [0.2, 0.25) is 0 Å². The van der Waals surface area contributed by atoms with E-state index in [1.807, 2.05) is 0 Å². The Hall–Kier alpha value is 0.310. The highest BCUT2D eigenvalue weighted by molar-refractivity contribution is 8.00. The van der Waals surface area contributed by atoms with Crippen LogP contribution >= 0.6 is 11.8 Å². The smallest absolute Gasteiger partial charge is 0.0621 e. The van der Waals surface area contributed by atoms with Gasteiger partial charge in [0.05, 0.1) is 4.87 Å². The molecule has 0 spiro atoms. The Morgan fingerprint density at radius 3 is 2.46 bits per heavy atom. The molecule has 2 atom stereocenters. The summed E-state index contributed by atoms with van der Waals surface area (Å²) in [7, 11) is 0. The van der Waals surface area contributed by atoms with Crippen LogP contribution in [0.1, 0.15) is 41.0 Å². The van der Waals surface area contributed by atoms with Gasteiger partial charge in [-0.1, -0.05) is 27.7 Å². The third-order valence-corrected chi connectivity index (χ3v) is 4.04. The summed E-state index contributed by atoms with van der Waals surface area (Å²) < 4.78 is 0. The van der Waals surface area contributed by atoms with Crippen molar-refractivity contribution in [1.82, 2.24) is 5.32 Å². The molecule has 1 nitrogen and oxygen atoms in total. The van der Waals surface area contributed by atoms with Crippen molar-refractivity contribution in [2.75, 3.05) is 12.3 Å². The number of hydrogen-bond acceptors (Lipinski definition) is 2. The summed E-state index contributed by atoms with van der Waals surface area (Å²) in [6, 6.07) is 0. The van der Waals surface area contributed by atoms with Gasteiger partial charge in [0, 0.05) is 0 Å². The van der Waals surface area contributed by atoms with Crippen LogP contribution in [0.15, 0.2) is 0 Å². The normalized spacial score (nSPS) is 36.2. The predicted octanol–water partition coefficient (Wildman–Crippen LogP) is 3.11. The van der Waals surface area contributed by atoms with Gasteiger partial charge in [0.1, 0.15) is 0 Å². The molecule has 78 valence electrons. The standard InChI is InChI=1S/C11H23NS/c1-9-6-12-11(5,13-7-9)8-10(2,3)4/h9,12H,6-8H2,1-5H3. The Kier molecular flexibility index (Phi) is 3.34. The molecule has 0 aromatic rings. The average Bonchev–Trinajstić information content (AvgIpc) is 1.92. The van der Waals surface area contributed by atoms with Crippen LogP contribution in [-0.4, -0.2) is 17.2 Å². The molecular weight excluding hydrogens is 178 g/mol. The highest BCUT2D eigenvalue weighted by Gasteiger charge is 2.33. The summed E-state index contributed by atoms with van der Waals surface area (Å²) in [4.78, 5) is 0.310. The Morgan fingerprint density at radius 2 is 2.08 bits per heavy atom. The van der Waals surface area contributed by atoms with Crippen LogP contribution in [-0.2, 0) is 0 Å². The summed E-state index contributed by atoms with van der Waals surface area (Å²) in [6.07, 6.45) is 1.25. The van der Waals surface area contributed by atoms with Gasteiger partial charge in [-0.2, -0.15) is 0 Å². The van der Waals surface area contributed by atoms with E-state index in [4.69, 9.17) is 0 Å². The van der Waals surface area contributed by atoms with Crippen molar-refractivity contribution in [3.05, 3.63) is 0 Å². The summed E-state index contributed by atoms with van der Waals surface area (Å²) in [5, 5.41) is 3.66. The maximum absolute atomic E-state index is 3.66. The second-order valence-corrected chi connectivity index (χ2v) is 7.29. The second-order valence-electron chi connectivity index (χ2n) is 5.77. The Balaban J connectivity index is 2.48. The van der Waals surface area contributed by atoms with Crippen LogP contribution in [0.5, 0.6) is 0 Å². The van der Waals surface area contributed by atoms with Crippen molar-refractivity contribution in [3.8, 4) is 0 Å². The van der Waals surface area contributed by atoms with E-state index in [2.05, 4.69) is 51.7 Å². The van der Waals surface area contributed by atoms with Gasteiger partial charge in [0.2, 0.25) is 0 Å². The molecule has 0 aromatic heterocycles. The summed E-state index contributed by atoms with van der Waals surface area (Å²) >= 11 is 2.09. The van der Waals surface area contributed by atoms with Crippen molar-refractivity contribution in [2.24, 2.45) is 11.3 Å².